The van der Waals surface area contributed by atoms with Gasteiger partial charge in [0.2, 0.25) is 5.91 Å². The predicted molar refractivity (Wildman–Crippen MR) is 107 cm³/mol. The molecule has 4 rings (SSSR count). The molecule has 3 heterocycles. The van der Waals surface area contributed by atoms with Crippen LogP contribution in [0, 0.1) is 5.92 Å². The van der Waals surface area contributed by atoms with E-state index >= 15 is 0 Å². The van der Waals surface area contributed by atoms with Crippen LogP contribution in [0.15, 0.2) is 63.7 Å². The van der Waals surface area contributed by atoms with Gasteiger partial charge in [-0.3, -0.25) is 4.79 Å². The SMILES string of the molecule is O=C(Nc1cccc(Br)c1)C1CCN(c2ccc(-c3ccco3)nn2)CC1. The first-order chi connectivity index (χ1) is 13.2. The highest BCUT2D eigenvalue weighted by atomic mass is 79.9. The predicted octanol–water partition coefficient (Wildman–Crippen LogP) is 4.35. The van der Waals surface area contributed by atoms with E-state index in [4.69, 9.17) is 4.42 Å². The van der Waals surface area contributed by atoms with Crippen molar-refractivity contribution in [2.24, 2.45) is 5.92 Å². The Hall–Kier alpha value is -2.67. The molecule has 6 nitrogen and oxygen atoms in total. The highest BCUT2D eigenvalue weighted by Gasteiger charge is 2.26. The Kier molecular flexibility index (Phi) is 5.20. The van der Waals surface area contributed by atoms with Crippen molar-refractivity contribution in [3.8, 4) is 11.5 Å². The zero-order valence-corrected chi connectivity index (χ0v) is 16.2. The van der Waals surface area contributed by atoms with Gasteiger partial charge in [0.15, 0.2) is 11.6 Å². The number of hydrogen-bond acceptors (Lipinski definition) is 5. The van der Waals surface area contributed by atoms with Gasteiger partial charge in [0.1, 0.15) is 5.69 Å². The molecule has 27 heavy (non-hydrogen) atoms. The number of halogens is 1. The van der Waals surface area contributed by atoms with Crippen LogP contribution in [0.3, 0.4) is 0 Å². The number of piperidine rings is 1. The van der Waals surface area contributed by atoms with Crippen LogP contribution in [-0.4, -0.2) is 29.2 Å². The molecule has 0 saturated carbocycles. The number of furan rings is 1. The first-order valence-electron chi connectivity index (χ1n) is 8.88. The number of hydrogen-bond donors (Lipinski definition) is 1. The fourth-order valence-corrected chi connectivity index (χ4v) is 3.63. The van der Waals surface area contributed by atoms with Crippen molar-refractivity contribution in [2.45, 2.75) is 12.8 Å². The van der Waals surface area contributed by atoms with E-state index in [0.717, 1.165) is 41.9 Å². The Labute approximate surface area is 165 Å². The second-order valence-corrected chi connectivity index (χ2v) is 7.43. The minimum atomic E-state index is 0.00980. The zero-order chi connectivity index (χ0) is 18.6. The van der Waals surface area contributed by atoms with Crippen LogP contribution in [0.5, 0.6) is 0 Å². The molecular weight excluding hydrogens is 408 g/mol. The van der Waals surface area contributed by atoms with Crippen molar-refractivity contribution < 1.29 is 9.21 Å². The summed E-state index contributed by atoms with van der Waals surface area (Å²) in [6, 6.07) is 15.2. The fourth-order valence-electron chi connectivity index (χ4n) is 3.23. The highest BCUT2D eigenvalue weighted by molar-refractivity contribution is 9.10. The molecule has 1 saturated heterocycles. The summed E-state index contributed by atoms with van der Waals surface area (Å²) in [7, 11) is 0. The topological polar surface area (TPSA) is 71.3 Å². The van der Waals surface area contributed by atoms with Crippen molar-refractivity contribution in [2.75, 3.05) is 23.3 Å². The molecule has 1 fully saturated rings. The lowest BCUT2D eigenvalue weighted by Crippen LogP contribution is -2.38. The molecule has 0 radical (unpaired) electrons. The van der Waals surface area contributed by atoms with Gasteiger partial charge in [0.25, 0.3) is 0 Å². The third kappa shape index (κ3) is 4.19. The summed E-state index contributed by atoms with van der Waals surface area (Å²) < 4.78 is 6.29. The standard InChI is InChI=1S/C20H19BrN4O2/c21-15-3-1-4-16(13-15)22-20(26)14-8-10-25(11-9-14)19-7-6-17(23-24-19)18-5-2-12-27-18/h1-7,12-14H,8-11H2,(H,22,26). The van der Waals surface area contributed by atoms with Gasteiger partial charge in [-0.2, -0.15) is 0 Å². The lowest BCUT2D eigenvalue weighted by molar-refractivity contribution is -0.120. The largest absolute Gasteiger partial charge is 0.463 e. The molecule has 1 N–H and O–H groups in total. The number of nitrogens with one attached hydrogen (secondary N) is 1. The zero-order valence-electron chi connectivity index (χ0n) is 14.6. The van der Waals surface area contributed by atoms with E-state index in [1.807, 2.05) is 48.5 Å². The summed E-state index contributed by atoms with van der Waals surface area (Å²) in [6.07, 6.45) is 3.21. The quantitative estimate of drug-likeness (QED) is 0.670. The Morgan fingerprint density at radius 2 is 1.96 bits per heavy atom. The van der Waals surface area contributed by atoms with Crippen molar-refractivity contribution in [3.05, 3.63) is 59.3 Å². The third-order valence-corrected chi connectivity index (χ3v) is 5.20. The summed E-state index contributed by atoms with van der Waals surface area (Å²) in [4.78, 5) is 14.7. The van der Waals surface area contributed by atoms with Gasteiger partial charge in [0, 0.05) is 29.2 Å². The number of aromatic nitrogens is 2. The number of nitrogens with zero attached hydrogens (tertiary/aromatic N) is 3. The molecule has 2 aromatic heterocycles. The minimum Gasteiger partial charge on any atom is -0.463 e. The van der Waals surface area contributed by atoms with Crippen LogP contribution in [0.2, 0.25) is 0 Å². The van der Waals surface area contributed by atoms with Gasteiger partial charge in [-0.25, -0.2) is 0 Å². The number of carbonyl (C=O) groups excluding carboxylic acids is 1. The van der Waals surface area contributed by atoms with Crippen LogP contribution in [0.4, 0.5) is 11.5 Å². The molecule has 0 bridgehead atoms. The molecule has 0 unspecified atom stereocenters. The molecule has 7 heteroatoms. The van der Waals surface area contributed by atoms with Crippen molar-refractivity contribution in [1.82, 2.24) is 10.2 Å². The van der Waals surface area contributed by atoms with Gasteiger partial charge >= 0.3 is 0 Å². The smallest absolute Gasteiger partial charge is 0.227 e. The molecule has 138 valence electrons. The van der Waals surface area contributed by atoms with Crippen molar-refractivity contribution in [3.63, 3.8) is 0 Å². The number of anilines is 2. The summed E-state index contributed by atoms with van der Waals surface area (Å²) in [5, 5.41) is 11.6. The van der Waals surface area contributed by atoms with Gasteiger partial charge < -0.3 is 14.6 Å². The maximum absolute atomic E-state index is 12.5. The van der Waals surface area contributed by atoms with E-state index in [2.05, 4.69) is 36.3 Å². The molecule has 1 amide bonds. The normalized spacial score (nSPS) is 14.9. The van der Waals surface area contributed by atoms with Crippen LogP contribution in [0.25, 0.3) is 11.5 Å². The maximum Gasteiger partial charge on any atom is 0.227 e. The molecule has 0 aliphatic carbocycles. The Balaban J connectivity index is 1.34. The summed E-state index contributed by atoms with van der Waals surface area (Å²) in [6.45, 7) is 1.57. The maximum atomic E-state index is 12.5. The lowest BCUT2D eigenvalue weighted by atomic mass is 9.96. The average Bonchev–Trinajstić information content (AvgIpc) is 3.23. The summed E-state index contributed by atoms with van der Waals surface area (Å²) in [5.74, 6) is 1.62. The second kappa shape index (κ2) is 7.92. The van der Waals surface area contributed by atoms with Crippen LogP contribution in [-0.2, 0) is 4.79 Å². The second-order valence-electron chi connectivity index (χ2n) is 6.51. The summed E-state index contributed by atoms with van der Waals surface area (Å²) in [5.41, 5.74) is 1.53. The minimum absolute atomic E-state index is 0.00980. The first kappa shape index (κ1) is 17.7. The molecule has 3 aromatic rings. The van der Waals surface area contributed by atoms with Crippen molar-refractivity contribution >= 4 is 33.3 Å². The van der Waals surface area contributed by atoms with Gasteiger partial charge in [0.05, 0.1) is 6.26 Å². The van der Waals surface area contributed by atoms with E-state index in [1.165, 1.54) is 0 Å². The average molecular weight is 427 g/mol. The number of benzene rings is 1. The highest BCUT2D eigenvalue weighted by Crippen LogP contribution is 2.25. The third-order valence-electron chi connectivity index (χ3n) is 4.71. The van der Waals surface area contributed by atoms with E-state index in [9.17, 15) is 4.79 Å². The Morgan fingerprint density at radius 1 is 1.11 bits per heavy atom. The van der Waals surface area contributed by atoms with Gasteiger partial charge in [-0.15, -0.1) is 10.2 Å². The van der Waals surface area contributed by atoms with E-state index in [0.29, 0.717) is 11.5 Å². The van der Waals surface area contributed by atoms with Crippen LogP contribution in [0.1, 0.15) is 12.8 Å². The van der Waals surface area contributed by atoms with E-state index in [-0.39, 0.29) is 11.8 Å². The monoisotopic (exact) mass is 426 g/mol. The van der Waals surface area contributed by atoms with E-state index < -0.39 is 0 Å². The number of amides is 1. The molecule has 1 aliphatic rings. The number of carbonyl (C=O) groups is 1. The Bertz CT molecular complexity index is 904. The van der Waals surface area contributed by atoms with Gasteiger partial charge in [-0.05, 0) is 55.3 Å². The fraction of sp³-hybridized carbons (Fsp3) is 0.250. The molecule has 1 aromatic carbocycles. The van der Waals surface area contributed by atoms with Gasteiger partial charge in [-0.1, -0.05) is 22.0 Å². The summed E-state index contributed by atoms with van der Waals surface area (Å²) >= 11 is 3.42. The van der Waals surface area contributed by atoms with Crippen LogP contribution < -0.4 is 10.2 Å². The Morgan fingerprint density at radius 3 is 2.63 bits per heavy atom. The van der Waals surface area contributed by atoms with Crippen LogP contribution >= 0.6 is 15.9 Å². The lowest BCUT2D eigenvalue weighted by Gasteiger charge is -2.31. The van der Waals surface area contributed by atoms with Crippen molar-refractivity contribution in [1.29, 1.82) is 0 Å². The van der Waals surface area contributed by atoms with E-state index in [1.54, 1.807) is 6.26 Å². The molecule has 0 atom stereocenters. The molecular formula is C20H19BrN4O2. The first-order valence-corrected chi connectivity index (χ1v) is 9.67. The number of rotatable bonds is 4. The molecule has 0 spiro atoms. The molecule has 1 aliphatic heterocycles.